The summed E-state index contributed by atoms with van der Waals surface area (Å²) in [6.07, 6.45) is -7.82. The number of carbonyl (C=O) groups is 1. The number of carbonyl (C=O) groups excluding carboxylic acids is 1. The van der Waals surface area contributed by atoms with Crippen LogP contribution in [0.15, 0.2) is 24.3 Å². The molecule has 0 saturated heterocycles. The molecule has 1 N–H and O–H groups in total. The Morgan fingerprint density at radius 1 is 1.40 bits per heavy atom. The summed E-state index contributed by atoms with van der Waals surface area (Å²) in [4.78, 5) is 11.7. The van der Waals surface area contributed by atoms with Crippen molar-refractivity contribution in [2.45, 2.75) is 32.2 Å². The molecule has 1 aromatic rings. The molecule has 1 aromatic carbocycles. The maximum absolute atomic E-state index is 12.3. The molecule has 1 amide bonds. The number of amides is 1. The molecule has 0 spiro atoms. The normalized spacial score (nSPS) is 14.2. The number of nitrogens with one attached hydrogen (secondary N) is 1. The topological polar surface area (TPSA) is 62.1 Å². The van der Waals surface area contributed by atoms with Gasteiger partial charge in [-0.05, 0) is 32.0 Å². The van der Waals surface area contributed by atoms with E-state index in [4.69, 9.17) is 5.26 Å². The summed E-state index contributed by atoms with van der Waals surface area (Å²) in [5, 5.41) is 11.1. The van der Waals surface area contributed by atoms with Gasteiger partial charge in [0.25, 0.3) is 5.91 Å². The van der Waals surface area contributed by atoms with Crippen molar-refractivity contribution in [1.29, 1.82) is 5.26 Å². The minimum absolute atomic E-state index is 0.323. The zero-order valence-corrected chi connectivity index (χ0v) is 10.9. The van der Waals surface area contributed by atoms with Gasteiger partial charge in [-0.3, -0.25) is 4.79 Å². The van der Waals surface area contributed by atoms with Gasteiger partial charge in [-0.25, -0.2) is 0 Å². The Morgan fingerprint density at radius 3 is 2.60 bits per heavy atom. The highest BCUT2D eigenvalue weighted by atomic mass is 19.4. The molecule has 0 aliphatic carbocycles. The van der Waals surface area contributed by atoms with Gasteiger partial charge in [-0.15, -0.1) is 0 Å². The van der Waals surface area contributed by atoms with E-state index in [0.29, 0.717) is 11.3 Å². The Kier molecular flexibility index (Phi) is 5.11. The number of alkyl halides is 3. The summed E-state index contributed by atoms with van der Waals surface area (Å²) in [6.45, 7) is 2.06. The SMILES string of the molecule is CC(OC(C)C(F)(F)F)C(=O)Nc1cccc(C#N)c1. The van der Waals surface area contributed by atoms with Gasteiger partial charge in [0, 0.05) is 5.69 Å². The lowest BCUT2D eigenvalue weighted by atomic mass is 10.2. The van der Waals surface area contributed by atoms with Gasteiger partial charge in [0.05, 0.1) is 11.6 Å². The zero-order chi connectivity index (χ0) is 15.3. The van der Waals surface area contributed by atoms with Crippen molar-refractivity contribution in [2.24, 2.45) is 0 Å². The van der Waals surface area contributed by atoms with Crippen LogP contribution in [0, 0.1) is 11.3 Å². The fourth-order valence-electron chi connectivity index (χ4n) is 1.36. The van der Waals surface area contributed by atoms with E-state index >= 15 is 0 Å². The molecule has 4 nitrogen and oxygen atoms in total. The molecule has 0 aliphatic rings. The summed E-state index contributed by atoms with van der Waals surface area (Å²) in [5.74, 6) is -0.712. The molecule has 108 valence electrons. The number of ether oxygens (including phenoxy) is 1. The molecule has 1 rings (SSSR count). The summed E-state index contributed by atoms with van der Waals surface area (Å²) >= 11 is 0. The monoisotopic (exact) mass is 286 g/mol. The number of hydrogen-bond acceptors (Lipinski definition) is 3. The van der Waals surface area contributed by atoms with Gasteiger partial charge in [-0.1, -0.05) is 6.07 Å². The van der Waals surface area contributed by atoms with Crippen molar-refractivity contribution in [3.05, 3.63) is 29.8 Å². The lowest BCUT2D eigenvalue weighted by molar-refractivity contribution is -0.223. The first-order valence-electron chi connectivity index (χ1n) is 5.77. The van der Waals surface area contributed by atoms with Crippen LogP contribution in [0.1, 0.15) is 19.4 Å². The minimum Gasteiger partial charge on any atom is -0.356 e. The predicted octanol–water partition coefficient (Wildman–Crippen LogP) is 2.85. The highest BCUT2D eigenvalue weighted by Gasteiger charge is 2.38. The van der Waals surface area contributed by atoms with E-state index in [-0.39, 0.29) is 0 Å². The van der Waals surface area contributed by atoms with Gasteiger partial charge >= 0.3 is 6.18 Å². The number of nitriles is 1. The second-order valence-corrected chi connectivity index (χ2v) is 4.14. The lowest BCUT2D eigenvalue weighted by Gasteiger charge is -2.20. The molecule has 0 saturated carbocycles. The Labute approximate surface area is 114 Å². The van der Waals surface area contributed by atoms with Crippen LogP contribution in [0.5, 0.6) is 0 Å². The Morgan fingerprint density at radius 2 is 2.05 bits per heavy atom. The third-order valence-corrected chi connectivity index (χ3v) is 2.50. The van der Waals surface area contributed by atoms with E-state index in [1.165, 1.54) is 19.1 Å². The minimum atomic E-state index is -4.52. The first kappa shape index (κ1) is 16.0. The van der Waals surface area contributed by atoms with Gasteiger partial charge in [0.1, 0.15) is 6.10 Å². The Bertz CT molecular complexity index is 523. The van der Waals surface area contributed by atoms with Crippen LogP contribution in [-0.4, -0.2) is 24.3 Å². The molecular weight excluding hydrogens is 273 g/mol. The van der Waals surface area contributed by atoms with Crippen LogP contribution in [0.25, 0.3) is 0 Å². The molecule has 0 heterocycles. The van der Waals surface area contributed by atoms with Crippen LogP contribution in [0.3, 0.4) is 0 Å². The quantitative estimate of drug-likeness (QED) is 0.925. The predicted molar refractivity (Wildman–Crippen MR) is 65.9 cm³/mol. The zero-order valence-electron chi connectivity index (χ0n) is 10.9. The fourth-order valence-corrected chi connectivity index (χ4v) is 1.36. The maximum Gasteiger partial charge on any atom is 0.414 e. The second-order valence-electron chi connectivity index (χ2n) is 4.14. The second kappa shape index (κ2) is 6.39. The number of halogens is 3. The molecular formula is C13H13F3N2O2. The van der Waals surface area contributed by atoms with Gasteiger partial charge in [0.15, 0.2) is 6.10 Å². The molecule has 0 aliphatic heterocycles. The average Bonchev–Trinajstić information content (AvgIpc) is 2.37. The van der Waals surface area contributed by atoms with E-state index in [9.17, 15) is 18.0 Å². The molecule has 0 radical (unpaired) electrons. The van der Waals surface area contributed by atoms with Crippen LogP contribution in [0.2, 0.25) is 0 Å². The molecule has 0 aromatic heterocycles. The van der Waals surface area contributed by atoms with Crippen LogP contribution >= 0.6 is 0 Å². The molecule has 20 heavy (non-hydrogen) atoms. The summed E-state index contributed by atoms with van der Waals surface area (Å²) in [6, 6.07) is 7.93. The standard InChI is InChI=1S/C13H13F3N2O2/c1-8(20-9(2)13(14,15)16)12(19)18-11-5-3-4-10(6-11)7-17/h3-6,8-9H,1-2H3,(H,18,19). The van der Waals surface area contributed by atoms with Crippen LogP contribution in [0.4, 0.5) is 18.9 Å². The molecule has 2 unspecified atom stereocenters. The van der Waals surface area contributed by atoms with Crippen molar-refractivity contribution in [3.8, 4) is 6.07 Å². The fraction of sp³-hybridized carbons (Fsp3) is 0.385. The molecule has 0 bridgehead atoms. The molecule has 7 heteroatoms. The van der Waals surface area contributed by atoms with E-state index in [1.807, 2.05) is 6.07 Å². The number of rotatable bonds is 4. The van der Waals surface area contributed by atoms with Gasteiger partial charge in [-0.2, -0.15) is 18.4 Å². The van der Waals surface area contributed by atoms with E-state index in [1.54, 1.807) is 12.1 Å². The Balaban J connectivity index is 2.64. The Hall–Kier alpha value is -2.07. The van der Waals surface area contributed by atoms with Gasteiger partial charge in [0.2, 0.25) is 0 Å². The highest BCUT2D eigenvalue weighted by molar-refractivity contribution is 5.94. The maximum atomic E-state index is 12.3. The van der Waals surface area contributed by atoms with Crippen molar-refractivity contribution in [3.63, 3.8) is 0 Å². The summed E-state index contributed by atoms with van der Waals surface area (Å²) in [7, 11) is 0. The van der Waals surface area contributed by atoms with Crippen LogP contribution < -0.4 is 5.32 Å². The van der Waals surface area contributed by atoms with E-state index in [0.717, 1.165) is 6.92 Å². The highest BCUT2D eigenvalue weighted by Crippen LogP contribution is 2.23. The average molecular weight is 286 g/mol. The first-order chi connectivity index (χ1) is 9.24. The lowest BCUT2D eigenvalue weighted by Crippen LogP contribution is -2.37. The number of hydrogen-bond donors (Lipinski definition) is 1. The van der Waals surface area contributed by atoms with Crippen molar-refractivity contribution in [2.75, 3.05) is 5.32 Å². The third-order valence-electron chi connectivity index (χ3n) is 2.50. The molecule has 2 atom stereocenters. The van der Waals surface area contributed by atoms with E-state index < -0.39 is 24.3 Å². The summed E-state index contributed by atoms with van der Waals surface area (Å²) in [5.41, 5.74) is 0.657. The van der Waals surface area contributed by atoms with Crippen molar-refractivity contribution in [1.82, 2.24) is 0 Å². The molecule has 0 fully saturated rings. The summed E-state index contributed by atoms with van der Waals surface area (Å²) < 4.78 is 41.5. The third kappa shape index (κ3) is 4.55. The van der Waals surface area contributed by atoms with Crippen molar-refractivity contribution < 1.29 is 22.7 Å². The smallest absolute Gasteiger partial charge is 0.356 e. The van der Waals surface area contributed by atoms with Gasteiger partial charge < -0.3 is 10.1 Å². The largest absolute Gasteiger partial charge is 0.414 e. The van der Waals surface area contributed by atoms with Crippen LogP contribution in [-0.2, 0) is 9.53 Å². The first-order valence-corrected chi connectivity index (χ1v) is 5.77. The van der Waals surface area contributed by atoms with Crippen molar-refractivity contribution >= 4 is 11.6 Å². The number of anilines is 1. The number of benzene rings is 1. The number of nitrogens with zero attached hydrogens (tertiary/aromatic N) is 1. The van der Waals surface area contributed by atoms with E-state index in [2.05, 4.69) is 10.1 Å².